The van der Waals surface area contributed by atoms with Gasteiger partial charge in [0.05, 0.1) is 24.8 Å². The highest BCUT2D eigenvalue weighted by Gasteiger charge is 2.23. The first-order valence-corrected chi connectivity index (χ1v) is 5.26. The number of amides is 1. The van der Waals surface area contributed by atoms with Crippen molar-refractivity contribution in [2.24, 2.45) is 0 Å². The van der Waals surface area contributed by atoms with Gasteiger partial charge in [0, 0.05) is 6.20 Å². The number of carbonyl (C=O) groups excluding carboxylic acids is 1. The van der Waals surface area contributed by atoms with Crippen molar-refractivity contribution in [2.45, 2.75) is 6.10 Å². The summed E-state index contributed by atoms with van der Waals surface area (Å²) in [6, 6.07) is 3.35. The first-order chi connectivity index (χ1) is 7.77. The lowest BCUT2D eigenvalue weighted by molar-refractivity contribution is -0.142. The second-order valence-corrected chi connectivity index (χ2v) is 3.66. The zero-order valence-electron chi connectivity index (χ0n) is 8.48. The molecule has 86 valence electrons. The monoisotopic (exact) mass is 242 g/mol. The van der Waals surface area contributed by atoms with E-state index in [1.165, 1.54) is 0 Å². The molecule has 1 aromatic rings. The Balaban J connectivity index is 1.99. The third kappa shape index (κ3) is 2.69. The summed E-state index contributed by atoms with van der Waals surface area (Å²) in [6.45, 7) is 1.21. The summed E-state index contributed by atoms with van der Waals surface area (Å²) in [5.74, 6) is 0.0450. The molecule has 0 spiro atoms. The molecule has 0 bridgehead atoms. The van der Waals surface area contributed by atoms with Crippen LogP contribution < -0.4 is 5.32 Å². The van der Waals surface area contributed by atoms with Crippen LogP contribution >= 0.6 is 11.6 Å². The molecule has 1 amide bonds. The summed E-state index contributed by atoms with van der Waals surface area (Å²) in [5, 5.41) is 2.99. The van der Waals surface area contributed by atoms with E-state index in [0.717, 1.165) is 0 Å². The minimum absolute atomic E-state index is 0.260. The van der Waals surface area contributed by atoms with E-state index in [-0.39, 0.29) is 12.5 Å². The lowest BCUT2D eigenvalue weighted by Crippen LogP contribution is -2.39. The van der Waals surface area contributed by atoms with Gasteiger partial charge in [-0.3, -0.25) is 4.79 Å². The fraction of sp³-hybridized carbons (Fsp3) is 0.400. The highest BCUT2D eigenvalue weighted by molar-refractivity contribution is 6.33. The van der Waals surface area contributed by atoms with Gasteiger partial charge in [-0.05, 0) is 12.1 Å². The Morgan fingerprint density at radius 2 is 2.44 bits per heavy atom. The van der Waals surface area contributed by atoms with Crippen molar-refractivity contribution >= 4 is 23.3 Å². The summed E-state index contributed by atoms with van der Waals surface area (Å²) < 4.78 is 10.4. The zero-order valence-corrected chi connectivity index (χ0v) is 9.24. The van der Waals surface area contributed by atoms with Crippen molar-refractivity contribution in [1.82, 2.24) is 4.98 Å². The summed E-state index contributed by atoms with van der Waals surface area (Å²) in [5.41, 5.74) is 0. The molecule has 1 aromatic heterocycles. The minimum Gasteiger partial charge on any atom is -0.376 e. The highest BCUT2D eigenvalue weighted by Crippen LogP contribution is 2.17. The first kappa shape index (κ1) is 11.3. The molecular formula is C10H11ClN2O3. The van der Waals surface area contributed by atoms with Gasteiger partial charge in [0.2, 0.25) is 0 Å². The smallest absolute Gasteiger partial charge is 0.257 e. The van der Waals surface area contributed by atoms with E-state index in [0.29, 0.717) is 24.1 Å². The van der Waals surface area contributed by atoms with E-state index in [9.17, 15) is 4.79 Å². The molecule has 1 aliphatic rings. The fourth-order valence-corrected chi connectivity index (χ4v) is 1.48. The molecule has 0 radical (unpaired) electrons. The Labute approximate surface area is 97.7 Å². The molecule has 0 aliphatic carbocycles. The standard InChI is InChI=1S/C10H11ClN2O3/c11-7-2-1-3-12-9(7)13-10(14)8-6-15-4-5-16-8/h1-3,8H,4-6H2,(H,12,13,14). The molecule has 5 nitrogen and oxygen atoms in total. The van der Waals surface area contributed by atoms with E-state index in [2.05, 4.69) is 10.3 Å². The van der Waals surface area contributed by atoms with Crippen molar-refractivity contribution in [2.75, 3.05) is 25.1 Å². The number of rotatable bonds is 2. The number of hydrogen-bond acceptors (Lipinski definition) is 4. The van der Waals surface area contributed by atoms with Gasteiger partial charge in [-0.1, -0.05) is 11.6 Å². The average Bonchev–Trinajstić information content (AvgIpc) is 2.33. The van der Waals surface area contributed by atoms with Crippen LogP contribution in [0.1, 0.15) is 0 Å². The third-order valence-electron chi connectivity index (χ3n) is 2.11. The van der Waals surface area contributed by atoms with E-state index in [1.54, 1.807) is 18.3 Å². The van der Waals surface area contributed by atoms with Crippen LogP contribution in [0.25, 0.3) is 0 Å². The molecule has 0 saturated carbocycles. The number of hydrogen-bond donors (Lipinski definition) is 1. The molecule has 1 aliphatic heterocycles. The largest absolute Gasteiger partial charge is 0.376 e. The maximum atomic E-state index is 11.7. The fourth-order valence-electron chi connectivity index (χ4n) is 1.31. The Hall–Kier alpha value is -1.17. The predicted molar refractivity (Wildman–Crippen MR) is 58.4 cm³/mol. The van der Waals surface area contributed by atoms with Gasteiger partial charge < -0.3 is 14.8 Å². The van der Waals surface area contributed by atoms with Gasteiger partial charge in [0.15, 0.2) is 11.9 Å². The molecule has 1 N–H and O–H groups in total. The highest BCUT2D eigenvalue weighted by atomic mass is 35.5. The maximum absolute atomic E-state index is 11.7. The van der Waals surface area contributed by atoms with Gasteiger partial charge in [0.1, 0.15) is 0 Å². The van der Waals surface area contributed by atoms with Crippen LogP contribution in [-0.2, 0) is 14.3 Å². The number of nitrogens with zero attached hydrogens (tertiary/aromatic N) is 1. The average molecular weight is 243 g/mol. The second-order valence-electron chi connectivity index (χ2n) is 3.26. The van der Waals surface area contributed by atoms with E-state index in [1.807, 2.05) is 0 Å². The summed E-state index contributed by atoms with van der Waals surface area (Å²) in [7, 11) is 0. The SMILES string of the molecule is O=C(Nc1ncccc1Cl)C1COCCO1. The molecule has 2 heterocycles. The molecule has 1 fully saturated rings. The van der Waals surface area contributed by atoms with Gasteiger partial charge in [-0.25, -0.2) is 4.98 Å². The zero-order chi connectivity index (χ0) is 11.4. The number of carbonyl (C=O) groups is 1. The van der Waals surface area contributed by atoms with Crippen LogP contribution in [0.4, 0.5) is 5.82 Å². The van der Waals surface area contributed by atoms with Gasteiger partial charge in [0.25, 0.3) is 5.91 Å². The van der Waals surface area contributed by atoms with Crippen LogP contribution in [0, 0.1) is 0 Å². The summed E-state index contributed by atoms with van der Waals surface area (Å²) in [6.07, 6.45) is 0.964. The number of halogens is 1. The number of anilines is 1. The maximum Gasteiger partial charge on any atom is 0.257 e. The minimum atomic E-state index is -0.591. The van der Waals surface area contributed by atoms with Crippen LogP contribution in [0.2, 0.25) is 5.02 Å². The Morgan fingerprint density at radius 3 is 3.12 bits per heavy atom. The van der Waals surface area contributed by atoms with Gasteiger partial charge in [-0.2, -0.15) is 0 Å². The molecule has 1 unspecified atom stereocenters. The Morgan fingerprint density at radius 1 is 1.56 bits per heavy atom. The summed E-state index contributed by atoms with van der Waals surface area (Å²) in [4.78, 5) is 15.7. The van der Waals surface area contributed by atoms with Gasteiger partial charge in [-0.15, -0.1) is 0 Å². The lowest BCUT2D eigenvalue weighted by atomic mass is 10.3. The Bertz CT molecular complexity index is 380. The number of pyridine rings is 1. The van der Waals surface area contributed by atoms with Crippen LogP contribution in [0.15, 0.2) is 18.3 Å². The van der Waals surface area contributed by atoms with E-state index >= 15 is 0 Å². The van der Waals surface area contributed by atoms with Crippen LogP contribution in [0.5, 0.6) is 0 Å². The molecule has 6 heteroatoms. The summed E-state index contributed by atoms with van der Waals surface area (Å²) >= 11 is 5.86. The van der Waals surface area contributed by atoms with Crippen LogP contribution in [0.3, 0.4) is 0 Å². The van der Waals surface area contributed by atoms with E-state index < -0.39 is 6.10 Å². The van der Waals surface area contributed by atoms with Gasteiger partial charge >= 0.3 is 0 Å². The number of ether oxygens (including phenoxy) is 2. The second kappa shape index (κ2) is 5.25. The van der Waals surface area contributed by atoms with Crippen molar-refractivity contribution in [3.8, 4) is 0 Å². The van der Waals surface area contributed by atoms with E-state index in [4.69, 9.17) is 21.1 Å². The third-order valence-corrected chi connectivity index (χ3v) is 2.41. The molecular weight excluding hydrogens is 232 g/mol. The van der Waals surface area contributed by atoms with Crippen molar-refractivity contribution in [1.29, 1.82) is 0 Å². The lowest BCUT2D eigenvalue weighted by Gasteiger charge is -2.21. The van der Waals surface area contributed by atoms with Crippen molar-refractivity contribution in [3.05, 3.63) is 23.4 Å². The first-order valence-electron chi connectivity index (χ1n) is 4.88. The topological polar surface area (TPSA) is 60.5 Å². The molecule has 2 rings (SSSR count). The van der Waals surface area contributed by atoms with Crippen LogP contribution in [-0.4, -0.2) is 36.8 Å². The van der Waals surface area contributed by atoms with Crippen molar-refractivity contribution in [3.63, 3.8) is 0 Å². The van der Waals surface area contributed by atoms with Crippen molar-refractivity contribution < 1.29 is 14.3 Å². The molecule has 1 saturated heterocycles. The number of aromatic nitrogens is 1. The predicted octanol–water partition coefficient (Wildman–Crippen LogP) is 1.09. The molecule has 16 heavy (non-hydrogen) atoms. The number of nitrogens with one attached hydrogen (secondary N) is 1. The molecule has 1 atom stereocenters. The Kier molecular flexibility index (Phi) is 3.71. The quantitative estimate of drug-likeness (QED) is 0.843. The normalized spacial score (nSPS) is 20.4. The molecule has 0 aromatic carbocycles.